The van der Waals surface area contributed by atoms with Crippen LogP contribution in [-0.2, 0) is 6.54 Å². The van der Waals surface area contributed by atoms with Gasteiger partial charge in [0.25, 0.3) is 0 Å². The highest BCUT2D eigenvalue weighted by molar-refractivity contribution is 7.15. The second-order valence-electron chi connectivity index (χ2n) is 6.04. The summed E-state index contributed by atoms with van der Waals surface area (Å²) >= 11 is 1.89. The van der Waals surface area contributed by atoms with Crippen LogP contribution in [0.25, 0.3) is 0 Å². The Morgan fingerprint density at radius 3 is 2.76 bits per heavy atom. The predicted octanol–water partition coefficient (Wildman–Crippen LogP) is 2.91. The van der Waals surface area contributed by atoms with Crippen molar-refractivity contribution < 1.29 is 0 Å². The lowest BCUT2D eigenvalue weighted by molar-refractivity contribution is 0.360. The molecule has 2 heterocycles. The molecule has 120 valence electrons. The van der Waals surface area contributed by atoms with E-state index in [1.165, 1.54) is 28.7 Å². The van der Waals surface area contributed by atoms with Crippen LogP contribution in [0.4, 0.5) is 5.13 Å². The van der Waals surface area contributed by atoms with Crippen LogP contribution in [0.2, 0.25) is 0 Å². The van der Waals surface area contributed by atoms with E-state index in [0.29, 0.717) is 5.92 Å². The van der Waals surface area contributed by atoms with Gasteiger partial charge < -0.3 is 15.1 Å². The highest BCUT2D eigenvalue weighted by atomic mass is 32.1. The van der Waals surface area contributed by atoms with E-state index < -0.39 is 0 Å². The molecule has 2 rings (SSSR count). The molecule has 1 atom stereocenters. The average molecular weight is 311 g/mol. The molecule has 1 aliphatic rings. The van der Waals surface area contributed by atoms with Gasteiger partial charge in [-0.15, -0.1) is 11.3 Å². The molecule has 0 saturated carbocycles. The van der Waals surface area contributed by atoms with Crippen molar-refractivity contribution in [1.29, 1.82) is 0 Å². The smallest absolute Gasteiger partial charge is 0.185 e. The van der Waals surface area contributed by atoms with Gasteiger partial charge in [-0.2, -0.15) is 0 Å². The summed E-state index contributed by atoms with van der Waals surface area (Å²) in [6.45, 7) is 13.3. The predicted molar refractivity (Wildman–Crippen MR) is 92.5 cm³/mol. The maximum atomic E-state index is 5.01. The Morgan fingerprint density at radius 1 is 1.24 bits per heavy atom. The number of aromatic nitrogens is 1. The summed E-state index contributed by atoms with van der Waals surface area (Å²) in [4.78, 5) is 11.3. The fraction of sp³-hybridized carbons (Fsp3) is 0.812. The molecule has 1 unspecified atom stereocenters. The lowest BCUT2D eigenvalue weighted by Gasteiger charge is -2.19. The molecule has 0 amide bonds. The van der Waals surface area contributed by atoms with Crippen molar-refractivity contribution in [2.24, 2.45) is 0 Å². The number of nitrogens with one attached hydrogen (secondary N) is 1. The molecule has 1 aromatic rings. The molecule has 1 N–H and O–H groups in total. The summed E-state index contributed by atoms with van der Waals surface area (Å²) in [5, 5.41) is 4.69. The molecule has 1 saturated heterocycles. The standard InChI is InChI=1S/C16H30N4S/c1-5-13(3)15-14(12-17-6-2)21-16(18-15)20-9-7-8-19(4)10-11-20/h13,17H,5-12H2,1-4H3. The maximum absolute atomic E-state index is 5.01. The quantitative estimate of drug-likeness (QED) is 0.875. The molecule has 4 nitrogen and oxygen atoms in total. The van der Waals surface area contributed by atoms with Gasteiger partial charge >= 0.3 is 0 Å². The molecular formula is C16H30N4S. The second kappa shape index (κ2) is 8.11. The molecule has 1 fully saturated rings. The van der Waals surface area contributed by atoms with E-state index in [1.54, 1.807) is 0 Å². The third kappa shape index (κ3) is 4.41. The summed E-state index contributed by atoms with van der Waals surface area (Å²) in [6, 6.07) is 0. The first-order valence-corrected chi connectivity index (χ1v) is 9.11. The van der Waals surface area contributed by atoms with Gasteiger partial charge in [-0.05, 0) is 38.9 Å². The molecule has 0 bridgehead atoms. The zero-order valence-electron chi connectivity index (χ0n) is 14.0. The van der Waals surface area contributed by atoms with Crippen molar-refractivity contribution >= 4 is 16.5 Å². The monoisotopic (exact) mass is 310 g/mol. The van der Waals surface area contributed by atoms with Gasteiger partial charge in [0.15, 0.2) is 5.13 Å². The maximum Gasteiger partial charge on any atom is 0.185 e. The SMILES string of the molecule is CCNCc1sc(N2CCCN(C)CC2)nc1C(C)CC. The fourth-order valence-corrected chi connectivity index (χ4v) is 3.87. The van der Waals surface area contributed by atoms with Gasteiger partial charge in [0.1, 0.15) is 0 Å². The number of nitrogens with zero attached hydrogens (tertiary/aromatic N) is 3. The van der Waals surface area contributed by atoms with E-state index in [2.05, 4.69) is 42.9 Å². The first kappa shape index (κ1) is 16.7. The van der Waals surface area contributed by atoms with Crippen LogP contribution in [0.5, 0.6) is 0 Å². The Bertz CT molecular complexity index is 432. The van der Waals surface area contributed by atoms with Gasteiger partial charge in [-0.3, -0.25) is 0 Å². The number of hydrogen-bond acceptors (Lipinski definition) is 5. The van der Waals surface area contributed by atoms with Crippen LogP contribution < -0.4 is 10.2 Å². The largest absolute Gasteiger partial charge is 0.347 e. The lowest BCUT2D eigenvalue weighted by Crippen LogP contribution is -2.28. The van der Waals surface area contributed by atoms with E-state index in [9.17, 15) is 0 Å². The lowest BCUT2D eigenvalue weighted by atomic mass is 10.0. The summed E-state index contributed by atoms with van der Waals surface area (Å²) < 4.78 is 0. The Kier molecular flexibility index (Phi) is 6.45. The highest BCUT2D eigenvalue weighted by Gasteiger charge is 2.20. The Morgan fingerprint density at radius 2 is 2.05 bits per heavy atom. The topological polar surface area (TPSA) is 31.4 Å². The molecular weight excluding hydrogens is 280 g/mol. The minimum absolute atomic E-state index is 0.554. The summed E-state index contributed by atoms with van der Waals surface area (Å²) in [5.41, 5.74) is 1.32. The molecule has 0 spiro atoms. The van der Waals surface area contributed by atoms with Crippen molar-refractivity contribution in [2.45, 2.75) is 46.1 Å². The van der Waals surface area contributed by atoms with Crippen LogP contribution in [0, 0.1) is 0 Å². The second-order valence-corrected chi connectivity index (χ2v) is 7.10. The Labute approximate surface area is 133 Å². The van der Waals surface area contributed by atoms with Crippen LogP contribution in [0.1, 0.15) is 50.1 Å². The van der Waals surface area contributed by atoms with Crippen molar-refractivity contribution in [3.8, 4) is 0 Å². The normalized spacial score (nSPS) is 18.8. The van der Waals surface area contributed by atoms with Crippen LogP contribution in [-0.4, -0.2) is 49.7 Å². The van der Waals surface area contributed by atoms with Crippen molar-refractivity contribution in [1.82, 2.24) is 15.2 Å². The molecule has 0 aromatic carbocycles. The van der Waals surface area contributed by atoms with Crippen LogP contribution in [0.15, 0.2) is 0 Å². The van der Waals surface area contributed by atoms with E-state index >= 15 is 0 Å². The molecule has 1 aromatic heterocycles. The van der Waals surface area contributed by atoms with Gasteiger partial charge in [0.05, 0.1) is 5.69 Å². The van der Waals surface area contributed by atoms with Gasteiger partial charge in [-0.1, -0.05) is 20.8 Å². The Hall–Kier alpha value is -0.650. The van der Waals surface area contributed by atoms with Gasteiger partial charge in [0, 0.05) is 31.1 Å². The molecule has 0 aliphatic carbocycles. The first-order valence-electron chi connectivity index (χ1n) is 8.29. The molecule has 5 heteroatoms. The number of thiazole rings is 1. The average Bonchev–Trinajstić information content (AvgIpc) is 2.79. The van der Waals surface area contributed by atoms with E-state index in [-0.39, 0.29) is 0 Å². The fourth-order valence-electron chi connectivity index (χ4n) is 2.67. The molecule has 1 aliphatic heterocycles. The third-order valence-corrected chi connectivity index (χ3v) is 5.45. The van der Waals surface area contributed by atoms with Crippen molar-refractivity contribution in [3.05, 3.63) is 10.6 Å². The third-order valence-electron chi connectivity index (χ3n) is 4.32. The van der Waals surface area contributed by atoms with E-state index in [0.717, 1.165) is 39.1 Å². The van der Waals surface area contributed by atoms with Gasteiger partial charge in [-0.25, -0.2) is 4.98 Å². The number of anilines is 1. The van der Waals surface area contributed by atoms with E-state index in [4.69, 9.17) is 4.98 Å². The highest BCUT2D eigenvalue weighted by Crippen LogP contribution is 2.32. The molecule has 21 heavy (non-hydrogen) atoms. The number of hydrogen-bond donors (Lipinski definition) is 1. The summed E-state index contributed by atoms with van der Waals surface area (Å²) in [7, 11) is 2.21. The van der Waals surface area contributed by atoms with Crippen LogP contribution >= 0.6 is 11.3 Å². The zero-order chi connectivity index (χ0) is 15.2. The summed E-state index contributed by atoms with van der Waals surface area (Å²) in [6.07, 6.45) is 2.39. The minimum Gasteiger partial charge on any atom is -0.347 e. The van der Waals surface area contributed by atoms with Crippen LogP contribution in [0.3, 0.4) is 0 Å². The van der Waals surface area contributed by atoms with Gasteiger partial charge in [0.2, 0.25) is 0 Å². The Balaban J connectivity index is 2.16. The number of rotatable bonds is 6. The van der Waals surface area contributed by atoms with Crippen molar-refractivity contribution in [2.75, 3.05) is 44.7 Å². The minimum atomic E-state index is 0.554. The zero-order valence-corrected chi connectivity index (χ0v) is 14.8. The van der Waals surface area contributed by atoms with Crippen molar-refractivity contribution in [3.63, 3.8) is 0 Å². The first-order chi connectivity index (χ1) is 10.2. The van der Waals surface area contributed by atoms with E-state index in [1.807, 2.05) is 11.3 Å². The molecule has 0 radical (unpaired) electrons. The summed E-state index contributed by atoms with van der Waals surface area (Å²) in [5.74, 6) is 0.554. The number of likely N-dealkylation sites (N-methyl/N-ethyl adjacent to an activating group) is 1.